The molecule has 0 spiro atoms. The lowest BCUT2D eigenvalue weighted by Crippen LogP contribution is -2.08. The average molecular weight is 257 g/mol. The third kappa shape index (κ3) is 1.94. The van der Waals surface area contributed by atoms with E-state index < -0.39 is 0 Å². The summed E-state index contributed by atoms with van der Waals surface area (Å²) in [5.74, 6) is 0. The first-order valence-electron chi connectivity index (χ1n) is 5.96. The van der Waals surface area contributed by atoms with Crippen LogP contribution in [0.25, 0.3) is 10.9 Å². The first-order chi connectivity index (χ1) is 8.78. The number of aryl methyl sites for hydroxylation is 1. The van der Waals surface area contributed by atoms with Gasteiger partial charge in [-0.1, -0.05) is 18.2 Å². The normalized spacial score (nSPS) is 11.2. The molecule has 2 N–H and O–H groups in total. The molecule has 0 saturated carbocycles. The Kier molecular flexibility index (Phi) is 2.89. The van der Waals surface area contributed by atoms with Crippen LogP contribution in [0.2, 0.25) is 0 Å². The third-order valence-corrected chi connectivity index (χ3v) is 3.91. The molecule has 0 bridgehead atoms. The predicted molar refractivity (Wildman–Crippen MR) is 75.8 cm³/mol. The van der Waals surface area contributed by atoms with Crippen molar-refractivity contribution in [2.75, 3.05) is 0 Å². The molecular formula is C14H15N3S. The van der Waals surface area contributed by atoms with Gasteiger partial charge in [-0.05, 0) is 24.4 Å². The maximum atomic E-state index is 5.83. The lowest BCUT2D eigenvalue weighted by molar-refractivity contribution is 0.752. The van der Waals surface area contributed by atoms with E-state index in [4.69, 9.17) is 5.73 Å². The lowest BCUT2D eigenvalue weighted by atomic mass is 10.2. The zero-order valence-electron chi connectivity index (χ0n) is 10.3. The maximum absolute atomic E-state index is 5.83. The van der Waals surface area contributed by atoms with E-state index in [9.17, 15) is 0 Å². The first kappa shape index (κ1) is 11.4. The number of rotatable bonds is 3. The molecule has 18 heavy (non-hydrogen) atoms. The van der Waals surface area contributed by atoms with Crippen LogP contribution < -0.4 is 5.73 Å². The molecule has 0 aliphatic carbocycles. The number of aromatic nitrogens is 2. The summed E-state index contributed by atoms with van der Waals surface area (Å²) in [6.07, 6.45) is 0. The smallest absolute Gasteiger partial charge is 0.0898 e. The highest BCUT2D eigenvalue weighted by Crippen LogP contribution is 2.21. The Hall–Kier alpha value is -1.65. The van der Waals surface area contributed by atoms with Crippen LogP contribution in [0.1, 0.15) is 16.4 Å². The van der Waals surface area contributed by atoms with Crippen LogP contribution in [-0.4, -0.2) is 9.55 Å². The molecule has 0 unspecified atom stereocenters. The molecule has 0 aliphatic heterocycles. The molecule has 0 atom stereocenters. The van der Waals surface area contributed by atoms with Crippen LogP contribution in [-0.2, 0) is 13.1 Å². The average Bonchev–Trinajstić information content (AvgIpc) is 2.94. The van der Waals surface area contributed by atoms with E-state index in [0.717, 1.165) is 22.9 Å². The van der Waals surface area contributed by atoms with Crippen molar-refractivity contribution in [1.29, 1.82) is 0 Å². The van der Waals surface area contributed by atoms with Crippen molar-refractivity contribution in [2.45, 2.75) is 20.0 Å². The highest BCUT2D eigenvalue weighted by Gasteiger charge is 2.08. The van der Waals surface area contributed by atoms with Gasteiger partial charge in [0.2, 0.25) is 0 Å². The Bertz CT molecular complexity index is 681. The number of nitrogens with zero attached hydrogens (tertiary/aromatic N) is 2. The molecule has 1 aromatic carbocycles. The second-order valence-electron chi connectivity index (χ2n) is 4.34. The molecule has 0 aliphatic rings. The largest absolute Gasteiger partial charge is 0.337 e. The van der Waals surface area contributed by atoms with Crippen molar-refractivity contribution in [3.05, 3.63) is 52.1 Å². The maximum Gasteiger partial charge on any atom is 0.0898 e. The van der Waals surface area contributed by atoms with Crippen molar-refractivity contribution < 1.29 is 0 Å². The van der Waals surface area contributed by atoms with E-state index in [1.807, 2.05) is 6.92 Å². The SMILES string of the molecule is Cc1nc(Cn2c(CN)cc3ccccc32)cs1. The summed E-state index contributed by atoms with van der Waals surface area (Å²) >= 11 is 1.69. The molecule has 0 fully saturated rings. The molecule has 0 amide bonds. The van der Waals surface area contributed by atoms with Gasteiger partial charge in [0.1, 0.15) is 0 Å². The van der Waals surface area contributed by atoms with Crippen molar-refractivity contribution in [1.82, 2.24) is 9.55 Å². The highest BCUT2D eigenvalue weighted by molar-refractivity contribution is 7.09. The second-order valence-corrected chi connectivity index (χ2v) is 5.40. The zero-order valence-corrected chi connectivity index (χ0v) is 11.1. The van der Waals surface area contributed by atoms with Gasteiger partial charge >= 0.3 is 0 Å². The van der Waals surface area contributed by atoms with E-state index in [1.165, 1.54) is 10.9 Å². The third-order valence-electron chi connectivity index (χ3n) is 3.09. The minimum atomic E-state index is 0.553. The van der Waals surface area contributed by atoms with E-state index in [2.05, 4.69) is 45.3 Å². The minimum Gasteiger partial charge on any atom is -0.337 e. The Morgan fingerprint density at radius 3 is 2.89 bits per heavy atom. The standard InChI is InChI=1S/C14H15N3S/c1-10-16-12(9-18-10)8-17-13(7-15)6-11-4-2-3-5-14(11)17/h2-6,9H,7-8,15H2,1H3. The van der Waals surface area contributed by atoms with E-state index in [0.29, 0.717) is 6.54 Å². The first-order valence-corrected chi connectivity index (χ1v) is 6.84. The Balaban J connectivity index is 2.09. The van der Waals surface area contributed by atoms with Crippen LogP contribution in [0.4, 0.5) is 0 Å². The summed E-state index contributed by atoms with van der Waals surface area (Å²) < 4.78 is 2.25. The van der Waals surface area contributed by atoms with Gasteiger partial charge in [0.25, 0.3) is 0 Å². The zero-order chi connectivity index (χ0) is 12.5. The Labute approximate surface area is 110 Å². The summed E-state index contributed by atoms with van der Waals surface area (Å²) in [6, 6.07) is 10.5. The monoisotopic (exact) mass is 257 g/mol. The van der Waals surface area contributed by atoms with Crippen LogP contribution >= 0.6 is 11.3 Å². The number of hydrogen-bond acceptors (Lipinski definition) is 3. The number of fused-ring (bicyclic) bond motifs is 1. The van der Waals surface area contributed by atoms with Crippen molar-refractivity contribution in [3.63, 3.8) is 0 Å². The summed E-state index contributed by atoms with van der Waals surface area (Å²) in [4.78, 5) is 4.52. The van der Waals surface area contributed by atoms with Crippen molar-refractivity contribution in [2.24, 2.45) is 5.73 Å². The van der Waals surface area contributed by atoms with Crippen molar-refractivity contribution >= 4 is 22.2 Å². The van der Waals surface area contributed by atoms with Gasteiger partial charge in [0.05, 0.1) is 17.2 Å². The number of para-hydroxylation sites is 1. The summed E-state index contributed by atoms with van der Waals surface area (Å²) in [5.41, 5.74) is 9.32. The van der Waals surface area contributed by atoms with E-state index in [1.54, 1.807) is 11.3 Å². The molecule has 4 heteroatoms. The summed E-state index contributed by atoms with van der Waals surface area (Å²) in [6.45, 7) is 3.38. The quantitative estimate of drug-likeness (QED) is 0.784. The predicted octanol–water partition coefficient (Wildman–Crippen LogP) is 2.91. The van der Waals surface area contributed by atoms with Gasteiger partial charge in [0.15, 0.2) is 0 Å². The molecule has 0 saturated heterocycles. The van der Waals surface area contributed by atoms with Crippen molar-refractivity contribution in [3.8, 4) is 0 Å². The second kappa shape index (κ2) is 4.55. The fourth-order valence-corrected chi connectivity index (χ4v) is 2.87. The van der Waals surface area contributed by atoms with Crippen LogP contribution in [0, 0.1) is 6.92 Å². The van der Waals surface area contributed by atoms with Gasteiger partial charge in [-0.15, -0.1) is 11.3 Å². The minimum absolute atomic E-state index is 0.553. The molecule has 3 rings (SSSR count). The molecule has 92 valence electrons. The molecule has 2 heterocycles. The molecule has 3 nitrogen and oxygen atoms in total. The molecule has 2 aromatic heterocycles. The number of hydrogen-bond donors (Lipinski definition) is 1. The molecular weight excluding hydrogens is 242 g/mol. The lowest BCUT2D eigenvalue weighted by Gasteiger charge is -2.07. The van der Waals surface area contributed by atoms with Gasteiger partial charge in [-0.3, -0.25) is 0 Å². The van der Waals surface area contributed by atoms with Gasteiger partial charge < -0.3 is 10.3 Å². The van der Waals surface area contributed by atoms with E-state index in [-0.39, 0.29) is 0 Å². The van der Waals surface area contributed by atoms with Gasteiger partial charge in [-0.2, -0.15) is 0 Å². The number of benzene rings is 1. The fourth-order valence-electron chi connectivity index (χ4n) is 2.27. The van der Waals surface area contributed by atoms with Gasteiger partial charge in [0, 0.05) is 23.1 Å². The summed E-state index contributed by atoms with van der Waals surface area (Å²) in [7, 11) is 0. The highest BCUT2D eigenvalue weighted by atomic mass is 32.1. The molecule has 3 aromatic rings. The summed E-state index contributed by atoms with van der Waals surface area (Å²) in [5, 5.41) is 4.46. The van der Waals surface area contributed by atoms with Crippen LogP contribution in [0.5, 0.6) is 0 Å². The molecule has 0 radical (unpaired) electrons. The Morgan fingerprint density at radius 2 is 2.17 bits per heavy atom. The fraction of sp³-hybridized carbons (Fsp3) is 0.214. The van der Waals surface area contributed by atoms with Gasteiger partial charge in [-0.25, -0.2) is 4.98 Å². The van der Waals surface area contributed by atoms with E-state index >= 15 is 0 Å². The topological polar surface area (TPSA) is 43.8 Å². The Morgan fingerprint density at radius 1 is 1.33 bits per heavy atom. The van der Waals surface area contributed by atoms with Crippen LogP contribution in [0.15, 0.2) is 35.7 Å². The van der Waals surface area contributed by atoms with Crippen LogP contribution in [0.3, 0.4) is 0 Å². The number of nitrogens with two attached hydrogens (primary N) is 1. The number of thiazole rings is 1.